The van der Waals surface area contributed by atoms with Crippen LogP contribution in [0.2, 0.25) is 0 Å². The highest BCUT2D eigenvalue weighted by Gasteiger charge is 2.24. The number of nitrogens with zero attached hydrogens (tertiary/aromatic N) is 4. The second-order valence-electron chi connectivity index (χ2n) is 9.59. The van der Waals surface area contributed by atoms with Gasteiger partial charge in [-0.1, -0.05) is 32.1 Å². The van der Waals surface area contributed by atoms with E-state index in [1.165, 1.54) is 33.5 Å². The van der Waals surface area contributed by atoms with Gasteiger partial charge in [0.05, 0.1) is 11.3 Å². The lowest BCUT2D eigenvalue weighted by Crippen LogP contribution is -2.36. The minimum absolute atomic E-state index is 0.0312. The number of pyridine rings is 1. The van der Waals surface area contributed by atoms with Crippen LogP contribution in [-0.4, -0.2) is 36.1 Å². The van der Waals surface area contributed by atoms with E-state index in [1.807, 2.05) is 12.1 Å². The van der Waals surface area contributed by atoms with Gasteiger partial charge in [0.1, 0.15) is 11.9 Å². The second-order valence-corrected chi connectivity index (χ2v) is 9.59. The first-order chi connectivity index (χ1) is 16.5. The maximum atomic E-state index is 9.02. The fraction of sp³-hybridized carbons (Fsp3) is 0.407. The van der Waals surface area contributed by atoms with E-state index >= 15 is 0 Å². The monoisotopic (exact) mass is 476 g/mol. The molecule has 35 heavy (non-hydrogen) atoms. The maximum Gasteiger partial charge on any atom is 0.148 e. The lowest BCUT2D eigenvalue weighted by molar-refractivity contribution is 0.306. The molecule has 188 valence electrons. The van der Waals surface area contributed by atoms with Crippen molar-refractivity contribution >= 4 is 11.5 Å². The summed E-state index contributed by atoms with van der Waals surface area (Å²) in [6.45, 7) is 15.4. The number of aryl methyl sites for hydroxylation is 1. The summed E-state index contributed by atoms with van der Waals surface area (Å²) in [7, 11) is 0. The zero-order chi connectivity index (χ0) is 26.2. The Morgan fingerprint density at radius 3 is 2.57 bits per heavy atom. The normalized spacial score (nSPS) is 12.0. The number of hydrogen-bond donors (Lipinski definition) is 4. The molecule has 0 aliphatic heterocycles. The van der Waals surface area contributed by atoms with Crippen molar-refractivity contribution in [1.29, 1.82) is 5.26 Å². The number of rotatable bonds is 12. The molecule has 0 saturated carbocycles. The van der Waals surface area contributed by atoms with Gasteiger partial charge in [-0.25, -0.2) is 10.8 Å². The average Bonchev–Trinajstić information content (AvgIpc) is 2.78. The third-order valence-corrected chi connectivity index (χ3v) is 6.28. The minimum atomic E-state index is 0.0312. The van der Waals surface area contributed by atoms with Crippen LogP contribution in [0.4, 0.5) is 11.5 Å². The van der Waals surface area contributed by atoms with Gasteiger partial charge in [0.15, 0.2) is 0 Å². The van der Waals surface area contributed by atoms with Crippen molar-refractivity contribution in [3.05, 3.63) is 76.8 Å². The summed E-state index contributed by atoms with van der Waals surface area (Å²) in [6.07, 6.45) is 6.81. The number of nitrogens with two attached hydrogens (primary N) is 4. The van der Waals surface area contributed by atoms with Crippen molar-refractivity contribution in [3.8, 4) is 6.07 Å². The first-order valence-corrected chi connectivity index (χ1v) is 11.8. The third-order valence-electron chi connectivity index (χ3n) is 6.28. The molecule has 0 saturated heterocycles. The molecule has 1 aromatic carbocycles. The number of aromatic nitrogens is 1. The Bertz CT molecular complexity index is 1100. The predicted molar refractivity (Wildman–Crippen MR) is 145 cm³/mol. The summed E-state index contributed by atoms with van der Waals surface area (Å²) in [5.41, 5.74) is 24.6. The second kappa shape index (κ2) is 12.4. The van der Waals surface area contributed by atoms with Gasteiger partial charge < -0.3 is 17.2 Å². The number of allylic oxidation sites excluding steroid dienone is 1. The van der Waals surface area contributed by atoms with Gasteiger partial charge >= 0.3 is 0 Å². The fourth-order valence-corrected chi connectivity index (χ4v) is 4.63. The van der Waals surface area contributed by atoms with Crippen LogP contribution in [-0.2, 0) is 11.8 Å². The molecule has 2 aromatic rings. The standard InChI is InChI=1S/C27H40N8/c1-6-10-27(4,5)26-19(2)7-8-21(20(26)3)9-12-34(13-11-28)17-23(30)18-35(32)25-14-24(31)22(15-29)16-33-25/h6-8,14,16,18H,1,9-13,17,28,30,32H2,2-5H3,(H2,31,33)/b23-18-. The summed E-state index contributed by atoms with van der Waals surface area (Å²) >= 11 is 0. The molecule has 0 fully saturated rings. The van der Waals surface area contributed by atoms with Gasteiger partial charge in [-0.3, -0.25) is 9.91 Å². The van der Waals surface area contributed by atoms with Crippen molar-refractivity contribution in [2.24, 2.45) is 17.3 Å². The van der Waals surface area contributed by atoms with E-state index < -0.39 is 0 Å². The number of anilines is 2. The number of nitriles is 1. The van der Waals surface area contributed by atoms with Crippen molar-refractivity contribution in [2.75, 3.05) is 36.9 Å². The summed E-state index contributed by atoms with van der Waals surface area (Å²) < 4.78 is 0. The molecular weight excluding hydrogens is 436 g/mol. The Hall–Kier alpha value is -3.38. The zero-order valence-corrected chi connectivity index (χ0v) is 21.5. The fourth-order valence-electron chi connectivity index (χ4n) is 4.63. The molecule has 0 amide bonds. The van der Waals surface area contributed by atoms with E-state index in [9.17, 15) is 0 Å². The quantitative estimate of drug-likeness (QED) is 0.208. The SMILES string of the molecule is C=CCC(C)(C)c1c(C)ccc(CCN(CCN)C/C(N)=C/N(N)c2cc(N)c(C#N)cn2)c1C. The van der Waals surface area contributed by atoms with Crippen molar-refractivity contribution in [1.82, 2.24) is 9.88 Å². The van der Waals surface area contributed by atoms with E-state index in [0.717, 1.165) is 19.4 Å². The zero-order valence-electron chi connectivity index (χ0n) is 21.5. The van der Waals surface area contributed by atoms with Crippen molar-refractivity contribution in [2.45, 2.75) is 46.0 Å². The van der Waals surface area contributed by atoms with Gasteiger partial charge in [-0.2, -0.15) is 5.26 Å². The Balaban J connectivity index is 2.15. The van der Waals surface area contributed by atoms with Crippen LogP contribution in [0.3, 0.4) is 0 Å². The minimum Gasteiger partial charge on any atom is -0.400 e. The Morgan fingerprint density at radius 1 is 1.26 bits per heavy atom. The molecule has 0 bridgehead atoms. The van der Waals surface area contributed by atoms with Gasteiger partial charge in [-0.15, -0.1) is 6.58 Å². The predicted octanol–water partition coefficient (Wildman–Crippen LogP) is 2.99. The summed E-state index contributed by atoms with van der Waals surface area (Å²) in [5, 5.41) is 10.3. The molecule has 0 aliphatic carbocycles. The number of hydrogen-bond acceptors (Lipinski definition) is 8. The lowest BCUT2D eigenvalue weighted by Gasteiger charge is -2.30. The molecule has 8 N–H and O–H groups in total. The molecule has 1 heterocycles. The van der Waals surface area contributed by atoms with Crippen LogP contribution in [0.1, 0.15) is 48.1 Å². The Labute approximate surface area is 209 Å². The van der Waals surface area contributed by atoms with Crippen LogP contribution in [0, 0.1) is 25.2 Å². The van der Waals surface area contributed by atoms with E-state index in [2.05, 4.69) is 56.3 Å². The van der Waals surface area contributed by atoms with Gasteiger partial charge in [0, 0.05) is 50.3 Å². The van der Waals surface area contributed by atoms with Crippen molar-refractivity contribution in [3.63, 3.8) is 0 Å². The number of nitrogen functional groups attached to an aromatic ring is 1. The molecule has 0 radical (unpaired) electrons. The lowest BCUT2D eigenvalue weighted by atomic mass is 9.76. The average molecular weight is 477 g/mol. The molecule has 0 unspecified atom stereocenters. The molecule has 8 nitrogen and oxygen atoms in total. The molecule has 0 spiro atoms. The van der Waals surface area contributed by atoms with Crippen LogP contribution >= 0.6 is 0 Å². The van der Waals surface area contributed by atoms with E-state index in [-0.39, 0.29) is 5.41 Å². The Kier molecular flexibility index (Phi) is 9.84. The first-order valence-electron chi connectivity index (χ1n) is 11.8. The first kappa shape index (κ1) is 27.9. The summed E-state index contributed by atoms with van der Waals surface area (Å²) in [4.78, 5) is 6.39. The van der Waals surface area contributed by atoms with Gasteiger partial charge in [0.25, 0.3) is 0 Å². The van der Waals surface area contributed by atoms with E-state index in [0.29, 0.717) is 42.4 Å². The highest BCUT2D eigenvalue weighted by atomic mass is 15.4. The van der Waals surface area contributed by atoms with E-state index in [1.54, 1.807) is 12.3 Å². The number of hydrazine groups is 1. The third kappa shape index (κ3) is 7.30. The molecule has 0 aliphatic rings. The number of benzene rings is 1. The highest BCUT2D eigenvalue weighted by molar-refractivity contribution is 5.59. The molecule has 0 atom stereocenters. The van der Waals surface area contributed by atoms with Gasteiger partial charge in [-0.05, 0) is 54.4 Å². The molecule has 2 rings (SSSR count). The van der Waals surface area contributed by atoms with Crippen molar-refractivity contribution < 1.29 is 0 Å². The summed E-state index contributed by atoms with van der Waals surface area (Å²) in [6, 6.07) is 7.97. The molecular formula is C27H40N8. The van der Waals surface area contributed by atoms with Crippen LogP contribution in [0.15, 0.2) is 48.9 Å². The Morgan fingerprint density at radius 2 is 1.97 bits per heavy atom. The van der Waals surface area contributed by atoms with Crippen LogP contribution in [0.25, 0.3) is 0 Å². The van der Waals surface area contributed by atoms with Crippen LogP contribution < -0.4 is 28.1 Å². The highest BCUT2D eigenvalue weighted by Crippen LogP contribution is 2.34. The van der Waals surface area contributed by atoms with E-state index in [4.69, 9.17) is 28.3 Å². The van der Waals surface area contributed by atoms with Crippen LogP contribution in [0.5, 0.6) is 0 Å². The largest absolute Gasteiger partial charge is 0.400 e. The maximum absolute atomic E-state index is 9.02. The summed E-state index contributed by atoms with van der Waals surface area (Å²) in [5.74, 6) is 6.52. The smallest absolute Gasteiger partial charge is 0.148 e. The van der Waals surface area contributed by atoms with Gasteiger partial charge in [0.2, 0.25) is 0 Å². The topological polar surface area (TPSA) is 147 Å². The molecule has 1 aromatic heterocycles. The molecule has 8 heteroatoms.